The van der Waals surface area contributed by atoms with Crippen LogP contribution in [0.5, 0.6) is 11.5 Å². The van der Waals surface area contributed by atoms with Crippen LogP contribution in [0.3, 0.4) is 0 Å². The van der Waals surface area contributed by atoms with Crippen LogP contribution in [0.15, 0.2) is 42.5 Å². The molecule has 3 nitrogen and oxygen atoms in total. The molecule has 0 aliphatic heterocycles. The molecule has 0 aliphatic rings. The maximum atomic E-state index is 13.1. The summed E-state index contributed by atoms with van der Waals surface area (Å²) in [4.78, 5) is 0. The highest BCUT2D eigenvalue weighted by Crippen LogP contribution is 2.27. The summed E-state index contributed by atoms with van der Waals surface area (Å²) in [5, 5.41) is 18.9. The summed E-state index contributed by atoms with van der Waals surface area (Å²) >= 11 is 0. The lowest BCUT2D eigenvalue weighted by Gasteiger charge is -2.13. The van der Waals surface area contributed by atoms with Gasteiger partial charge in [0.1, 0.15) is 23.9 Å². The van der Waals surface area contributed by atoms with E-state index in [4.69, 9.17) is 4.74 Å². The smallest absolute Gasteiger partial charge is 0.125 e. The number of aliphatic hydroxyl groups is 1. The van der Waals surface area contributed by atoms with E-state index in [1.165, 1.54) is 18.2 Å². The number of hydrogen-bond acceptors (Lipinski definition) is 3. The number of rotatable bonds is 4. The molecule has 0 bridgehead atoms. The third kappa shape index (κ3) is 3.45. The van der Waals surface area contributed by atoms with Gasteiger partial charge in [0.05, 0.1) is 6.10 Å². The van der Waals surface area contributed by atoms with Gasteiger partial charge < -0.3 is 14.9 Å². The quantitative estimate of drug-likeness (QED) is 0.889. The minimum absolute atomic E-state index is 0.163. The molecule has 0 saturated heterocycles. The number of phenols is 1. The van der Waals surface area contributed by atoms with E-state index in [2.05, 4.69) is 0 Å². The molecule has 100 valence electrons. The molecule has 0 fully saturated rings. The number of halogens is 1. The van der Waals surface area contributed by atoms with Crippen molar-refractivity contribution in [1.29, 1.82) is 0 Å². The normalized spacial score (nSPS) is 12.2. The Hall–Kier alpha value is -2.07. The maximum Gasteiger partial charge on any atom is 0.125 e. The summed E-state index contributed by atoms with van der Waals surface area (Å²) in [6.45, 7) is 1.79. The van der Waals surface area contributed by atoms with Crippen molar-refractivity contribution >= 4 is 0 Å². The minimum atomic E-state index is -0.810. The molecular weight excluding hydrogens is 247 g/mol. The van der Waals surface area contributed by atoms with Crippen LogP contribution in [0, 0.1) is 5.82 Å². The zero-order valence-corrected chi connectivity index (χ0v) is 10.5. The van der Waals surface area contributed by atoms with Crippen molar-refractivity contribution in [3.8, 4) is 11.5 Å². The number of aliphatic hydroxyl groups excluding tert-OH is 1. The summed E-state index contributed by atoms with van der Waals surface area (Å²) in [7, 11) is 0. The minimum Gasteiger partial charge on any atom is -0.508 e. The second-order valence-electron chi connectivity index (χ2n) is 4.32. The number of aromatic hydroxyl groups is 1. The van der Waals surface area contributed by atoms with Crippen LogP contribution >= 0.6 is 0 Å². The number of hydrogen-bond donors (Lipinski definition) is 2. The fourth-order valence-electron chi connectivity index (χ4n) is 1.78. The first-order valence-corrected chi connectivity index (χ1v) is 5.94. The molecule has 19 heavy (non-hydrogen) atoms. The lowest BCUT2D eigenvalue weighted by atomic mass is 10.1. The van der Waals surface area contributed by atoms with Crippen molar-refractivity contribution in [2.24, 2.45) is 0 Å². The van der Waals surface area contributed by atoms with Crippen molar-refractivity contribution < 1.29 is 19.3 Å². The molecule has 2 aromatic carbocycles. The monoisotopic (exact) mass is 262 g/mol. The van der Waals surface area contributed by atoms with Gasteiger partial charge in [0.25, 0.3) is 0 Å². The van der Waals surface area contributed by atoms with Gasteiger partial charge in [-0.15, -0.1) is 0 Å². The third-order valence-electron chi connectivity index (χ3n) is 2.73. The van der Waals surface area contributed by atoms with Gasteiger partial charge in [0.15, 0.2) is 0 Å². The lowest BCUT2D eigenvalue weighted by Crippen LogP contribution is -2.01. The molecule has 4 heteroatoms. The van der Waals surface area contributed by atoms with Crippen molar-refractivity contribution in [2.75, 3.05) is 0 Å². The molecule has 0 spiro atoms. The van der Waals surface area contributed by atoms with E-state index in [9.17, 15) is 14.6 Å². The predicted octanol–water partition coefficient (Wildman–Crippen LogP) is 3.16. The fraction of sp³-hybridized carbons (Fsp3) is 0.200. The van der Waals surface area contributed by atoms with Gasteiger partial charge in [0, 0.05) is 5.56 Å². The Morgan fingerprint density at radius 1 is 1.21 bits per heavy atom. The van der Waals surface area contributed by atoms with Gasteiger partial charge >= 0.3 is 0 Å². The maximum absolute atomic E-state index is 13.1. The highest BCUT2D eigenvalue weighted by Gasteiger charge is 2.10. The fourth-order valence-corrected chi connectivity index (χ4v) is 1.78. The molecule has 0 aromatic heterocycles. The molecule has 0 unspecified atom stereocenters. The van der Waals surface area contributed by atoms with Crippen molar-refractivity contribution in [3.05, 3.63) is 59.4 Å². The third-order valence-corrected chi connectivity index (χ3v) is 2.73. The number of benzene rings is 2. The molecular formula is C15H15FO3. The highest BCUT2D eigenvalue weighted by atomic mass is 19.1. The summed E-state index contributed by atoms with van der Waals surface area (Å²) in [6, 6.07) is 10.7. The average molecular weight is 262 g/mol. The van der Waals surface area contributed by atoms with E-state index in [0.29, 0.717) is 11.3 Å². The van der Waals surface area contributed by atoms with E-state index >= 15 is 0 Å². The van der Waals surface area contributed by atoms with Crippen LogP contribution in [0.2, 0.25) is 0 Å². The summed E-state index contributed by atoms with van der Waals surface area (Å²) < 4.78 is 18.7. The average Bonchev–Trinajstić information content (AvgIpc) is 2.37. The Morgan fingerprint density at radius 2 is 2.00 bits per heavy atom. The van der Waals surface area contributed by atoms with E-state index < -0.39 is 11.9 Å². The molecule has 0 amide bonds. The Balaban J connectivity index is 2.15. The molecule has 2 N–H and O–H groups in total. The SMILES string of the molecule is C[C@@H](O)c1cc(F)ccc1OCc1cccc(O)c1. The van der Waals surface area contributed by atoms with Gasteiger partial charge in [-0.2, -0.15) is 0 Å². The first kappa shape index (κ1) is 13.4. The zero-order valence-electron chi connectivity index (χ0n) is 10.5. The Kier molecular flexibility index (Phi) is 4.02. The van der Waals surface area contributed by atoms with Crippen LogP contribution in [0.1, 0.15) is 24.2 Å². The zero-order chi connectivity index (χ0) is 13.8. The van der Waals surface area contributed by atoms with E-state index in [1.807, 2.05) is 6.07 Å². The van der Waals surface area contributed by atoms with Gasteiger partial charge in [0.2, 0.25) is 0 Å². The van der Waals surface area contributed by atoms with Crippen molar-refractivity contribution in [2.45, 2.75) is 19.6 Å². The first-order chi connectivity index (χ1) is 9.06. The second-order valence-corrected chi connectivity index (χ2v) is 4.32. The second kappa shape index (κ2) is 5.71. The van der Waals surface area contributed by atoms with Crippen LogP contribution in [-0.4, -0.2) is 10.2 Å². The van der Waals surface area contributed by atoms with Crippen LogP contribution in [0.25, 0.3) is 0 Å². The molecule has 0 heterocycles. The van der Waals surface area contributed by atoms with Crippen LogP contribution in [-0.2, 0) is 6.61 Å². The summed E-state index contributed by atoms with van der Waals surface area (Å²) in [5.41, 5.74) is 1.20. The Bertz CT molecular complexity index is 567. The molecule has 0 aliphatic carbocycles. The standard InChI is InChI=1S/C15H15FO3/c1-10(17)14-8-12(16)5-6-15(14)19-9-11-3-2-4-13(18)7-11/h2-8,10,17-18H,9H2,1H3/t10-/m1/s1. The topological polar surface area (TPSA) is 49.7 Å². The van der Waals surface area contributed by atoms with E-state index in [1.54, 1.807) is 25.1 Å². The molecule has 0 saturated carbocycles. The van der Waals surface area contributed by atoms with E-state index in [-0.39, 0.29) is 12.4 Å². The summed E-state index contributed by atoms with van der Waals surface area (Å²) in [6.07, 6.45) is -0.810. The Labute approximate surface area is 110 Å². The molecule has 2 rings (SSSR count). The highest BCUT2D eigenvalue weighted by molar-refractivity contribution is 5.36. The number of phenolic OH excluding ortho intramolecular Hbond substituents is 1. The van der Waals surface area contributed by atoms with Gasteiger partial charge in [-0.3, -0.25) is 0 Å². The first-order valence-electron chi connectivity index (χ1n) is 5.94. The van der Waals surface area contributed by atoms with Crippen LogP contribution in [0.4, 0.5) is 4.39 Å². The number of ether oxygens (including phenoxy) is 1. The largest absolute Gasteiger partial charge is 0.508 e. The summed E-state index contributed by atoms with van der Waals surface area (Å²) in [5.74, 6) is 0.177. The van der Waals surface area contributed by atoms with Crippen molar-refractivity contribution in [3.63, 3.8) is 0 Å². The van der Waals surface area contributed by atoms with Gasteiger partial charge in [-0.1, -0.05) is 12.1 Å². The molecule has 2 aromatic rings. The van der Waals surface area contributed by atoms with E-state index in [0.717, 1.165) is 5.56 Å². The lowest BCUT2D eigenvalue weighted by molar-refractivity contribution is 0.189. The van der Waals surface area contributed by atoms with Crippen LogP contribution < -0.4 is 4.74 Å². The Morgan fingerprint density at radius 3 is 2.68 bits per heavy atom. The van der Waals surface area contributed by atoms with Crippen molar-refractivity contribution in [1.82, 2.24) is 0 Å². The predicted molar refractivity (Wildman–Crippen MR) is 69.5 cm³/mol. The van der Waals surface area contributed by atoms with Gasteiger partial charge in [-0.05, 0) is 42.8 Å². The molecule has 0 radical (unpaired) electrons. The molecule has 1 atom stereocenters. The van der Waals surface area contributed by atoms with Gasteiger partial charge in [-0.25, -0.2) is 4.39 Å².